The molecule has 7 nitrogen and oxygen atoms in total. The fourth-order valence-electron chi connectivity index (χ4n) is 3.93. The number of aromatic nitrogens is 2. The van der Waals surface area contributed by atoms with Crippen LogP contribution in [0.5, 0.6) is 0 Å². The van der Waals surface area contributed by atoms with Crippen molar-refractivity contribution < 1.29 is 13.2 Å². The normalized spacial score (nSPS) is 15.3. The van der Waals surface area contributed by atoms with Gasteiger partial charge in [-0.1, -0.05) is 35.9 Å². The monoisotopic (exact) mass is 438 g/mol. The van der Waals surface area contributed by atoms with Crippen molar-refractivity contribution in [3.05, 3.63) is 77.1 Å². The lowest BCUT2D eigenvalue weighted by Crippen LogP contribution is -2.50. The number of para-hydroxylation sites is 1. The van der Waals surface area contributed by atoms with Crippen LogP contribution < -0.4 is 0 Å². The second-order valence-electron chi connectivity index (χ2n) is 7.88. The molecule has 162 valence electrons. The van der Waals surface area contributed by atoms with Gasteiger partial charge in [-0.2, -0.15) is 9.40 Å². The SMILES string of the molecule is Cc1ccc(S(=O)(=O)N2CCN(C(=O)c3cc(C)n(-c4ccccc4)n3)CC2)c(C)c1. The van der Waals surface area contributed by atoms with E-state index in [1.807, 2.05) is 63.2 Å². The number of piperazine rings is 1. The van der Waals surface area contributed by atoms with E-state index in [9.17, 15) is 13.2 Å². The van der Waals surface area contributed by atoms with Gasteiger partial charge in [0.25, 0.3) is 5.91 Å². The molecule has 2 heterocycles. The third-order valence-electron chi connectivity index (χ3n) is 5.58. The number of hydrogen-bond donors (Lipinski definition) is 0. The van der Waals surface area contributed by atoms with E-state index >= 15 is 0 Å². The van der Waals surface area contributed by atoms with Crippen LogP contribution in [0, 0.1) is 20.8 Å². The Morgan fingerprint density at radius 2 is 1.58 bits per heavy atom. The molecule has 0 radical (unpaired) electrons. The standard InChI is InChI=1S/C23H26N4O3S/c1-17-9-10-22(18(2)15-17)31(29,30)26-13-11-25(12-14-26)23(28)21-16-19(3)27(24-21)20-7-5-4-6-8-20/h4-10,15-16H,11-14H2,1-3H3. The molecule has 0 unspecified atom stereocenters. The summed E-state index contributed by atoms with van der Waals surface area (Å²) >= 11 is 0. The first kappa shape index (κ1) is 21.3. The van der Waals surface area contributed by atoms with Crippen molar-refractivity contribution in [3.8, 4) is 5.69 Å². The van der Waals surface area contributed by atoms with Crippen LogP contribution in [0.2, 0.25) is 0 Å². The van der Waals surface area contributed by atoms with Gasteiger partial charge in [0, 0.05) is 31.9 Å². The molecule has 0 spiro atoms. The molecule has 0 atom stereocenters. The first-order chi connectivity index (χ1) is 14.8. The maximum Gasteiger partial charge on any atom is 0.274 e. The van der Waals surface area contributed by atoms with Gasteiger partial charge in [-0.25, -0.2) is 13.1 Å². The summed E-state index contributed by atoms with van der Waals surface area (Å²) in [6, 6.07) is 16.8. The molecule has 0 bridgehead atoms. The number of hydrogen-bond acceptors (Lipinski definition) is 4. The van der Waals surface area contributed by atoms with Gasteiger partial charge in [0.1, 0.15) is 0 Å². The van der Waals surface area contributed by atoms with Crippen molar-refractivity contribution in [2.75, 3.05) is 26.2 Å². The van der Waals surface area contributed by atoms with Gasteiger partial charge < -0.3 is 4.90 Å². The molecule has 0 N–H and O–H groups in total. The zero-order valence-corrected chi connectivity index (χ0v) is 18.8. The Bertz CT molecular complexity index is 1210. The Labute approximate surface area is 183 Å². The Kier molecular flexibility index (Phi) is 5.68. The molecule has 4 rings (SSSR count). The number of rotatable bonds is 4. The number of carbonyl (C=O) groups excluding carboxylic acids is 1. The third kappa shape index (κ3) is 4.13. The van der Waals surface area contributed by atoms with Crippen LogP contribution in [-0.4, -0.2) is 59.5 Å². The summed E-state index contributed by atoms with van der Waals surface area (Å²) in [5, 5.41) is 4.48. The average molecular weight is 439 g/mol. The summed E-state index contributed by atoms with van der Waals surface area (Å²) < 4.78 is 29.4. The van der Waals surface area contributed by atoms with E-state index in [4.69, 9.17) is 0 Å². The molecule has 31 heavy (non-hydrogen) atoms. The summed E-state index contributed by atoms with van der Waals surface area (Å²) in [7, 11) is -3.59. The first-order valence-electron chi connectivity index (χ1n) is 10.3. The quantitative estimate of drug-likeness (QED) is 0.628. The van der Waals surface area contributed by atoms with E-state index in [1.54, 1.807) is 21.7 Å². The van der Waals surface area contributed by atoms with Crippen LogP contribution in [0.25, 0.3) is 5.69 Å². The predicted octanol–water partition coefficient (Wildman–Crippen LogP) is 2.94. The zero-order valence-electron chi connectivity index (χ0n) is 17.9. The molecule has 2 aromatic carbocycles. The van der Waals surface area contributed by atoms with Crippen LogP contribution in [-0.2, 0) is 10.0 Å². The molecule has 8 heteroatoms. The van der Waals surface area contributed by atoms with Crippen molar-refractivity contribution in [1.29, 1.82) is 0 Å². The molecule has 1 saturated heterocycles. The largest absolute Gasteiger partial charge is 0.335 e. The molecular formula is C23H26N4O3S. The highest BCUT2D eigenvalue weighted by atomic mass is 32.2. The highest BCUT2D eigenvalue weighted by Gasteiger charge is 2.32. The summed E-state index contributed by atoms with van der Waals surface area (Å²) in [6.07, 6.45) is 0. The van der Waals surface area contributed by atoms with Crippen molar-refractivity contribution in [2.24, 2.45) is 0 Å². The molecule has 0 aliphatic carbocycles. The minimum absolute atomic E-state index is 0.179. The van der Waals surface area contributed by atoms with Crippen LogP contribution in [0.3, 0.4) is 0 Å². The highest BCUT2D eigenvalue weighted by Crippen LogP contribution is 2.23. The van der Waals surface area contributed by atoms with E-state index in [0.29, 0.717) is 23.7 Å². The van der Waals surface area contributed by atoms with E-state index < -0.39 is 10.0 Å². The van der Waals surface area contributed by atoms with E-state index in [-0.39, 0.29) is 19.0 Å². The van der Waals surface area contributed by atoms with E-state index in [2.05, 4.69) is 5.10 Å². The summed E-state index contributed by atoms with van der Waals surface area (Å²) in [6.45, 7) is 6.85. The fourth-order valence-corrected chi connectivity index (χ4v) is 5.56. The van der Waals surface area contributed by atoms with Gasteiger partial charge in [0.05, 0.1) is 10.6 Å². The topological polar surface area (TPSA) is 75.5 Å². The molecule has 1 aliphatic rings. The zero-order chi connectivity index (χ0) is 22.2. The van der Waals surface area contributed by atoms with Crippen molar-refractivity contribution >= 4 is 15.9 Å². The number of aryl methyl sites for hydroxylation is 3. The number of nitrogens with zero attached hydrogens (tertiary/aromatic N) is 4. The molecule has 0 saturated carbocycles. The minimum atomic E-state index is -3.59. The van der Waals surface area contributed by atoms with Crippen LogP contribution in [0.4, 0.5) is 0 Å². The second kappa shape index (κ2) is 8.28. The maximum absolute atomic E-state index is 13.1. The van der Waals surface area contributed by atoms with Crippen molar-refractivity contribution in [2.45, 2.75) is 25.7 Å². The molecule has 3 aromatic rings. The summed E-state index contributed by atoms with van der Waals surface area (Å²) in [5.41, 5.74) is 3.89. The molecule has 1 aromatic heterocycles. The number of sulfonamides is 1. The fraction of sp³-hybridized carbons (Fsp3) is 0.304. The smallest absolute Gasteiger partial charge is 0.274 e. The predicted molar refractivity (Wildman–Crippen MR) is 119 cm³/mol. The molecule has 1 aliphatic heterocycles. The summed E-state index contributed by atoms with van der Waals surface area (Å²) in [4.78, 5) is 15.0. The maximum atomic E-state index is 13.1. The second-order valence-corrected chi connectivity index (χ2v) is 9.79. The lowest BCUT2D eigenvalue weighted by atomic mass is 10.2. The Hall–Kier alpha value is -2.97. The highest BCUT2D eigenvalue weighted by molar-refractivity contribution is 7.89. The average Bonchev–Trinajstić information content (AvgIpc) is 3.15. The van der Waals surface area contributed by atoms with Crippen molar-refractivity contribution in [3.63, 3.8) is 0 Å². The van der Waals surface area contributed by atoms with E-state index in [0.717, 1.165) is 22.5 Å². The molecular weight excluding hydrogens is 412 g/mol. The van der Waals surface area contributed by atoms with Gasteiger partial charge in [0.2, 0.25) is 10.0 Å². The van der Waals surface area contributed by atoms with Gasteiger partial charge in [-0.05, 0) is 50.6 Å². The first-order valence-corrected chi connectivity index (χ1v) is 11.7. The van der Waals surface area contributed by atoms with E-state index in [1.165, 1.54) is 4.31 Å². The van der Waals surface area contributed by atoms with Gasteiger partial charge in [-0.15, -0.1) is 0 Å². The van der Waals surface area contributed by atoms with Crippen LogP contribution in [0.15, 0.2) is 59.5 Å². The number of amides is 1. The van der Waals surface area contributed by atoms with Gasteiger partial charge in [0.15, 0.2) is 5.69 Å². The Balaban J connectivity index is 1.47. The molecule has 1 fully saturated rings. The minimum Gasteiger partial charge on any atom is -0.335 e. The summed E-state index contributed by atoms with van der Waals surface area (Å²) in [5.74, 6) is -0.179. The van der Waals surface area contributed by atoms with Crippen LogP contribution in [0.1, 0.15) is 27.3 Å². The Morgan fingerprint density at radius 3 is 2.23 bits per heavy atom. The Morgan fingerprint density at radius 1 is 0.903 bits per heavy atom. The number of benzene rings is 2. The lowest BCUT2D eigenvalue weighted by Gasteiger charge is -2.34. The van der Waals surface area contributed by atoms with Crippen molar-refractivity contribution in [1.82, 2.24) is 19.0 Å². The van der Waals surface area contributed by atoms with Gasteiger partial charge in [-0.3, -0.25) is 4.79 Å². The molecule has 1 amide bonds. The third-order valence-corrected chi connectivity index (χ3v) is 7.64. The van der Waals surface area contributed by atoms with Gasteiger partial charge >= 0.3 is 0 Å². The van der Waals surface area contributed by atoms with Crippen LogP contribution >= 0.6 is 0 Å². The number of carbonyl (C=O) groups is 1. The lowest BCUT2D eigenvalue weighted by molar-refractivity contribution is 0.0691.